The van der Waals surface area contributed by atoms with Crippen molar-refractivity contribution in [3.8, 4) is 0 Å². The normalized spacial score (nSPS) is 26.3. The average Bonchev–Trinajstić information content (AvgIpc) is 2.82. The Labute approximate surface area is 134 Å². The van der Waals surface area contributed by atoms with Gasteiger partial charge in [0.25, 0.3) is 0 Å². The predicted molar refractivity (Wildman–Crippen MR) is 91.5 cm³/mol. The topological polar surface area (TPSA) is 42.9 Å². The summed E-state index contributed by atoms with van der Waals surface area (Å²) in [5.41, 5.74) is 0. The van der Waals surface area contributed by atoms with Crippen LogP contribution in [0.3, 0.4) is 0 Å². The standard InChI is InChI=1S/C13H27N5.HI/c1-4-17-5-7-18(8-6-17)12(3)10-15-13-14-9-11(2)16-13;/h11-12H,4-10H2,1-3H3,(H2,14,15,16);1H. The van der Waals surface area contributed by atoms with Gasteiger partial charge in [-0.05, 0) is 20.4 Å². The Balaban J connectivity index is 0.00000180. The highest BCUT2D eigenvalue weighted by Crippen LogP contribution is 2.05. The highest BCUT2D eigenvalue weighted by atomic mass is 127. The van der Waals surface area contributed by atoms with Gasteiger partial charge in [-0.1, -0.05) is 6.92 Å². The van der Waals surface area contributed by atoms with Crippen LogP contribution in [0.5, 0.6) is 0 Å². The van der Waals surface area contributed by atoms with Crippen molar-refractivity contribution >= 4 is 29.9 Å². The van der Waals surface area contributed by atoms with E-state index in [1.165, 1.54) is 32.7 Å². The maximum absolute atomic E-state index is 4.43. The predicted octanol–water partition coefficient (Wildman–Crippen LogP) is 0.568. The zero-order chi connectivity index (χ0) is 13.0. The fourth-order valence-electron chi connectivity index (χ4n) is 2.55. The van der Waals surface area contributed by atoms with E-state index in [0.29, 0.717) is 12.1 Å². The number of aliphatic imine (C=N–C) groups is 1. The molecule has 0 spiro atoms. The van der Waals surface area contributed by atoms with Crippen molar-refractivity contribution in [2.45, 2.75) is 32.9 Å². The zero-order valence-corrected chi connectivity index (χ0v) is 14.7. The van der Waals surface area contributed by atoms with Crippen molar-refractivity contribution in [3.05, 3.63) is 0 Å². The van der Waals surface area contributed by atoms with Crippen molar-refractivity contribution in [2.75, 3.05) is 45.8 Å². The lowest BCUT2D eigenvalue weighted by atomic mass is 10.2. The number of nitrogens with zero attached hydrogens (tertiary/aromatic N) is 3. The van der Waals surface area contributed by atoms with Gasteiger partial charge in [-0.2, -0.15) is 0 Å². The van der Waals surface area contributed by atoms with E-state index >= 15 is 0 Å². The molecule has 0 amide bonds. The third-order valence-electron chi connectivity index (χ3n) is 3.95. The molecule has 6 heteroatoms. The van der Waals surface area contributed by atoms with E-state index in [-0.39, 0.29) is 24.0 Å². The molecule has 112 valence electrons. The monoisotopic (exact) mass is 381 g/mol. The first-order valence-electron chi connectivity index (χ1n) is 7.20. The van der Waals surface area contributed by atoms with Crippen molar-refractivity contribution in [2.24, 2.45) is 4.99 Å². The Hall–Kier alpha value is -0.0800. The first-order chi connectivity index (χ1) is 8.69. The van der Waals surface area contributed by atoms with Gasteiger partial charge in [0.2, 0.25) is 0 Å². The summed E-state index contributed by atoms with van der Waals surface area (Å²) < 4.78 is 0. The molecule has 2 heterocycles. The Morgan fingerprint density at radius 3 is 2.58 bits per heavy atom. The molecule has 0 bridgehead atoms. The lowest BCUT2D eigenvalue weighted by Gasteiger charge is -2.37. The van der Waals surface area contributed by atoms with Crippen LogP contribution in [-0.4, -0.2) is 73.7 Å². The van der Waals surface area contributed by atoms with E-state index < -0.39 is 0 Å². The van der Waals surface area contributed by atoms with Crippen LogP contribution in [0.1, 0.15) is 20.8 Å². The average molecular weight is 381 g/mol. The van der Waals surface area contributed by atoms with Gasteiger partial charge in [-0.15, -0.1) is 24.0 Å². The molecule has 0 aromatic heterocycles. The second-order valence-corrected chi connectivity index (χ2v) is 5.43. The minimum Gasteiger partial charge on any atom is -0.355 e. The van der Waals surface area contributed by atoms with Crippen molar-refractivity contribution in [3.63, 3.8) is 0 Å². The van der Waals surface area contributed by atoms with E-state index in [4.69, 9.17) is 0 Å². The minimum absolute atomic E-state index is 0. The van der Waals surface area contributed by atoms with Crippen LogP contribution in [0.2, 0.25) is 0 Å². The fourth-order valence-corrected chi connectivity index (χ4v) is 2.55. The molecule has 2 aliphatic rings. The SMILES string of the molecule is CCN1CCN(C(C)CNC2=NCC(C)N2)CC1.I. The molecule has 0 radical (unpaired) electrons. The Kier molecular flexibility index (Phi) is 7.38. The lowest BCUT2D eigenvalue weighted by molar-refractivity contribution is 0.107. The van der Waals surface area contributed by atoms with Crippen LogP contribution in [0.15, 0.2) is 4.99 Å². The maximum Gasteiger partial charge on any atom is 0.191 e. The Morgan fingerprint density at radius 2 is 2.05 bits per heavy atom. The zero-order valence-electron chi connectivity index (χ0n) is 12.4. The molecule has 2 rings (SSSR count). The first kappa shape index (κ1) is 17.0. The maximum atomic E-state index is 4.43. The molecule has 0 aromatic rings. The van der Waals surface area contributed by atoms with Gasteiger partial charge in [0, 0.05) is 44.8 Å². The van der Waals surface area contributed by atoms with Crippen molar-refractivity contribution in [1.29, 1.82) is 0 Å². The van der Waals surface area contributed by atoms with Crippen LogP contribution in [0.25, 0.3) is 0 Å². The van der Waals surface area contributed by atoms with Gasteiger partial charge < -0.3 is 15.5 Å². The van der Waals surface area contributed by atoms with Gasteiger partial charge >= 0.3 is 0 Å². The molecule has 1 fully saturated rings. The van der Waals surface area contributed by atoms with Gasteiger partial charge in [-0.25, -0.2) is 0 Å². The molecule has 0 aromatic carbocycles. The summed E-state index contributed by atoms with van der Waals surface area (Å²) in [6.45, 7) is 14.5. The van der Waals surface area contributed by atoms with Gasteiger partial charge in [0.1, 0.15) is 0 Å². The molecule has 19 heavy (non-hydrogen) atoms. The third-order valence-corrected chi connectivity index (χ3v) is 3.95. The Bertz CT molecular complexity index is 289. The first-order valence-corrected chi connectivity index (χ1v) is 7.20. The van der Waals surface area contributed by atoms with Crippen LogP contribution in [-0.2, 0) is 0 Å². The number of nitrogens with one attached hydrogen (secondary N) is 2. The molecule has 2 N–H and O–H groups in total. The molecule has 5 nitrogen and oxygen atoms in total. The number of hydrogen-bond donors (Lipinski definition) is 2. The molecule has 0 saturated carbocycles. The number of guanidine groups is 1. The van der Waals surface area contributed by atoms with Crippen LogP contribution in [0.4, 0.5) is 0 Å². The van der Waals surface area contributed by atoms with E-state index in [0.717, 1.165) is 19.0 Å². The van der Waals surface area contributed by atoms with Crippen molar-refractivity contribution < 1.29 is 0 Å². The molecular formula is C13H28IN5. The summed E-state index contributed by atoms with van der Waals surface area (Å²) in [5.74, 6) is 0.974. The Morgan fingerprint density at radius 1 is 1.37 bits per heavy atom. The van der Waals surface area contributed by atoms with Gasteiger partial charge in [0.05, 0.1) is 6.54 Å². The van der Waals surface area contributed by atoms with Crippen LogP contribution < -0.4 is 10.6 Å². The lowest BCUT2D eigenvalue weighted by Crippen LogP contribution is -2.53. The van der Waals surface area contributed by atoms with Crippen molar-refractivity contribution in [1.82, 2.24) is 20.4 Å². The highest BCUT2D eigenvalue weighted by molar-refractivity contribution is 14.0. The molecular weight excluding hydrogens is 353 g/mol. The minimum atomic E-state index is 0. The molecule has 2 aliphatic heterocycles. The van der Waals surface area contributed by atoms with E-state index in [2.05, 4.69) is 46.2 Å². The summed E-state index contributed by atoms with van der Waals surface area (Å²) in [6, 6.07) is 1.06. The largest absolute Gasteiger partial charge is 0.355 e. The smallest absolute Gasteiger partial charge is 0.191 e. The summed E-state index contributed by atoms with van der Waals surface area (Å²) in [5, 5.41) is 6.76. The number of piperazine rings is 1. The van der Waals surface area contributed by atoms with E-state index in [1.807, 2.05) is 0 Å². The summed E-state index contributed by atoms with van der Waals surface area (Å²) in [7, 11) is 0. The number of rotatable bonds is 4. The quantitative estimate of drug-likeness (QED) is 0.699. The van der Waals surface area contributed by atoms with Crippen LogP contribution in [0, 0.1) is 0 Å². The highest BCUT2D eigenvalue weighted by Gasteiger charge is 2.20. The summed E-state index contributed by atoms with van der Waals surface area (Å²) >= 11 is 0. The second-order valence-electron chi connectivity index (χ2n) is 5.43. The molecule has 2 atom stereocenters. The molecule has 1 saturated heterocycles. The van der Waals surface area contributed by atoms with E-state index in [1.54, 1.807) is 0 Å². The summed E-state index contributed by atoms with van der Waals surface area (Å²) in [6.07, 6.45) is 0. The van der Waals surface area contributed by atoms with Gasteiger partial charge in [0.15, 0.2) is 5.96 Å². The van der Waals surface area contributed by atoms with Crippen LogP contribution >= 0.6 is 24.0 Å². The van der Waals surface area contributed by atoms with Gasteiger partial charge in [-0.3, -0.25) is 9.89 Å². The number of halogens is 1. The second kappa shape index (κ2) is 8.26. The van der Waals surface area contributed by atoms with E-state index in [9.17, 15) is 0 Å². The number of hydrogen-bond acceptors (Lipinski definition) is 5. The molecule has 0 aliphatic carbocycles. The third kappa shape index (κ3) is 5.07. The fraction of sp³-hybridized carbons (Fsp3) is 0.923. The number of likely N-dealkylation sites (N-methyl/N-ethyl adjacent to an activating group) is 1. The summed E-state index contributed by atoms with van der Waals surface area (Å²) in [4.78, 5) is 9.51. The molecule has 2 unspecified atom stereocenters.